The van der Waals surface area contributed by atoms with Crippen molar-refractivity contribution in [1.82, 2.24) is 20.3 Å². The van der Waals surface area contributed by atoms with Gasteiger partial charge in [-0.25, -0.2) is 15.0 Å². The molecule has 0 bridgehead atoms. The normalized spacial score (nSPS) is 22.1. The molecule has 2 fully saturated rings. The molecule has 4 rings (SSSR count). The highest BCUT2D eigenvalue weighted by Crippen LogP contribution is 2.34. The molecule has 37 heavy (non-hydrogen) atoms. The van der Waals surface area contributed by atoms with Crippen molar-refractivity contribution >= 4 is 34.8 Å². The van der Waals surface area contributed by atoms with Gasteiger partial charge in [-0.15, -0.1) is 0 Å². The van der Waals surface area contributed by atoms with Crippen LogP contribution in [0.4, 0.5) is 11.6 Å². The largest absolute Gasteiger partial charge is 0.383 e. The van der Waals surface area contributed by atoms with Gasteiger partial charge in [-0.2, -0.15) is 5.26 Å². The molecule has 2 aromatic rings. The Morgan fingerprint density at radius 3 is 2.57 bits per heavy atom. The van der Waals surface area contributed by atoms with Crippen LogP contribution in [0.5, 0.6) is 0 Å². The number of aromatic nitrogens is 3. The third-order valence-electron chi connectivity index (χ3n) is 7.15. The first-order chi connectivity index (χ1) is 17.9. The van der Waals surface area contributed by atoms with E-state index in [4.69, 9.17) is 32.7 Å². The van der Waals surface area contributed by atoms with Crippen molar-refractivity contribution in [2.45, 2.75) is 63.6 Å². The number of hydrogen-bond acceptors (Lipinski definition) is 9. The molecule has 2 aliphatic rings. The molecule has 3 heterocycles. The van der Waals surface area contributed by atoms with Crippen LogP contribution < -0.4 is 16.0 Å². The summed E-state index contributed by atoms with van der Waals surface area (Å²) in [6.07, 6.45) is 8.82. The van der Waals surface area contributed by atoms with Crippen molar-refractivity contribution in [3.63, 3.8) is 0 Å². The molecule has 1 aliphatic heterocycles. The molecule has 1 atom stereocenters. The highest BCUT2D eigenvalue weighted by molar-refractivity contribution is 6.35. The molecular weight excluding hydrogens is 513 g/mol. The van der Waals surface area contributed by atoms with Crippen LogP contribution in [0.25, 0.3) is 11.3 Å². The van der Waals surface area contributed by atoms with Gasteiger partial charge in [-0.1, -0.05) is 23.2 Å². The number of nitrogens with zero attached hydrogens (tertiary/aromatic N) is 4. The fourth-order valence-corrected chi connectivity index (χ4v) is 5.38. The van der Waals surface area contributed by atoms with E-state index in [-0.39, 0.29) is 5.15 Å². The van der Waals surface area contributed by atoms with E-state index in [1.807, 2.05) is 6.07 Å². The molecule has 3 N–H and O–H groups in total. The average Bonchev–Trinajstić information content (AvgIpc) is 2.91. The Labute approximate surface area is 228 Å². The van der Waals surface area contributed by atoms with E-state index in [1.54, 1.807) is 19.5 Å². The van der Waals surface area contributed by atoms with Crippen molar-refractivity contribution in [3.8, 4) is 17.3 Å². The summed E-state index contributed by atoms with van der Waals surface area (Å²) in [5.41, 5.74) is 0.645. The summed E-state index contributed by atoms with van der Waals surface area (Å²) in [6, 6.07) is 5.51. The maximum absolute atomic E-state index is 9.73. The van der Waals surface area contributed by atoms with Gasteiger partial charge in [0.05, 0.1) is 29.3 Å². The Morgan fingerprint density at radius 2 is 1.86 bits per heavy atom. The van der Waals surface area contributed by atoms with Crippen LogP contribution in [0, 0.1) is 16.7 Å². The van der Waals surface area contributed by atoms with Gasteiger partial charge in [-0.05, 0) is 51.5 Å². The molecule has 1 saturated carbocycles. The fourth-order valence-electron chi connectivity index (χ4n) is 4.99. The average molecular weight is 549 g/mol. The van der Waals surface area contributed by atoms with Crippen molar-refractivity contribution < 1.29 is 9.47 Å². The summed E-state index contributed by atoms with van der Waals surface area (Å²) in [4.78, 5) is 13.5. The summed E-state index contributed by atoms with van der Waals surface area (Å²) in [6.45, 7) is 4.49. The Kier molecular flexibility index (Phi) is 9.79. The molecule has 11 heteroatoms. The number of nitriles is 1. The second-order valence-corrected chi connectivity index (χ2v) is 10.8. The van der Waals surface area contributed by atoms with Crippen LogP contribution in [0.2, 0.25) is 10.2 Å². The molecule has 1 saturated heterocycles. The topological polar surface area (TPSA) is 117 Å². The van der Waals surface area contributed by atoms with Crippen LogP contribution in [0.3, 0.4) is 0 Å². The van der Waals surface area contributed by atoms with Gasteiger partial charge in [0, 0.05) is 56.8 Å². The van der Waals surface area contributed by atoms with Crippen LogP contribution in [-0.2, 0) is 9.47 Å². The van der Waals surface area contributed by atoms with E-state index >= 15 is 0 Å². The summed E-state index contributed by atoms with van der Waals surface area (Å²) in [5.74, 6) is 1.27. The predicted octanol–water partition coefficient (Wildman–Crippen LogP) is 4.93. The van der Waals surface area contributed by atoms with Crippen molar-refractivity contribution in [3.05, 3.63) is 28.6 Å². The minimum atomic E-state index is -0.485. The van der Waals surface area contributed by atoms with Gasteiger partial charge in [0.25, 0.3) is 0 Å². The number of halogens is 2. The lowest BCUT2D eigenvalue weighted by atomic mass is 9.82. The minimum Gasteiger partial charge on any atom is -0.383 e. The quantitative estimate of drug-likeness (QED) is 0.380. The lowest BCUT2D eigenvalue weighted by Crippen LogP contribution is -2.42. The molecule has 2 aromatic heterocycles. The smallest absolute Gasteiger partial charge is 0.155 e. The lowest BCUT2D eigenvalue weighted by molar-refractivity contribution is 0.0455. The summed E-state index contributed by atoms with van der Waals surface area (Å²) in [7, 11) is 1.73. The summed E-state index contributed by atoms with van der Waals surface area (Å²) < 4.78 is 10.7. The van der Waals surface area contributed by atoms with Crippen LogP contribution in [0.15, 0.2) is 18.5 Å². The third kappa shape index (κ3) is 7.43. The summed E-state index contributed by atoms with van der Waals surface area (Å²) >= 11 is 13.0. The van der Waals surface area contributed by atoms with Gasteiger partial charge in [0.15, 0.2) is 5.15 Å². The Morgan fingerprint density at radius 1 is 1.14 bits per heavy atom. The fraction of sp³-hybridized carbons (Fsp3) is 0.615. The molecule has 0 amide bonds. The van der Waals surface area contributed by atoms with Crippen molar-refractivity contribution in [2.75, 3.05) is 44.1 Å². The number of nitrogens with one attached hydrogen (secondary N) is 3. The molecule has 0 spiro atoms. The van der Waals surface area contributed by atoms with E-state index in [1.165, 1.54) is 0 Å². The monoisotopic (exact) mass is 547 g/mol. The zero-order valence-electron chi connectivity index (χ0n) is 21.4. The summed E-state index contributed by atoms with van der Waals surface area (Å²) in [5, 5.41) is 20.9. The lowest BCUT2D eigenvalue weighted by Gasteiger charge is -2.32. The highest BCUT2D eigenvalue weighted by atomic mass is 35.5. The number of hydrogen-bond donors (Lipinski definition) is 3. The molecular formula is C26H35Cl2N7O2. The predicted molar refractivity (Wildman–Crippen MR) is 146 cm³/mol. The second-order valence-electron chi connectivity index (χ2n) is 10.0. The minimum absolute atomic E-state index is 0.252. The van der Waals surface area contributed by atoms with Gasteiger partial charge < -0.3 is 25.4 Å². The first-order valence-electron chi connectivity index (χ1n) is 12.8. The number of anilines is 2. The van der Waals surface area contributed by atoms with Crippen LogP contribution in [0.1, 0.15) is 45.4 Å². The van der Waals surface area contributed by atoms with Gasteiger partial charge in [0.1, 0.15) is 17.3 Å². The van der Waals surface area contributed by atoms with Gasteiger partial charge >= 0.3 is 0 Å². The van der Waals surface area contributed by atoms with E-state index in [2.05, 4.69) is 43.9 Å². The highest BCUT2D eigenvalue weighted by Gasteiger charge is 2.32. The SMILES string of the molecule is COC[C@@H](C)N[C@H]1CC[C@H](Nc2cc(-c3nc(NCC4(C#N)CCOCC4)cnc3Cl)c(Cl)cn2)CC1. The standard InChI is InChI=1S/C26H35Cl2N7O2/c1-17(14-36-2)33-18-3-5-19(6-4-18)34-22-11-20(21(27)12-30-22)24-25(28)31-13-23(35-24)32-16-26(15-29)7-9-37-10-8-26/h11-13,17-19,33H,3-10,14,16H2,1-2H3,(H,30,34)(H,32,35)/t17-,18-,19-/m1/s1. The van der Waals surface area contributed by atoms with E-state index in [0.29, 0.717) is 79.4 Å². The van der Waals surface area contributed by atoms with Crippen molar-refractivity contribution in [2.24, 2.45) is 5.41 Å². The zero-order chi connectivity index (χ0) is 26.3. The van der Waals surface area contributed by atoms with Crippen molar-refractivity contribution in [1.29, 1.82) is 5.26 Å². The van der Waals surface area contributed by atoms with Crippen LogP contribution in [-0.4, -0.2) is 66.6 Å². The first-order valence-corrected chi connectivity index (χ1v) is 13.6. The molecule has 200 valence electrons. The van der Waals surface area contributed by atoms with Crippen LogP contribution >= 0.6 is 23.2 Å². The zero-order valence-corrected chi connectivity index (χ0v) is 22.9. The maximum atomic E-state index is 9.73. The number of pyridine rings is 1. The van der Waals surface area contributed by atoms with E-state index < -0.39 is 5.41 Å². The number of ether oxygens (including phenoxy) is 2. The first kappa shape index (κ1) is 27.8. The molecule has 0 radical (unpaired) electrons. The molecule has 1 aliphatic carbocycles. The molecule has 0 aromatic carbocycles. The van der Waals surface area contributed by atoms with Gasteiger partial charge in [0.2, 0.25) is 0 Å². The Balaban J connectivity index is 1.41. The number of rotatable bonds is 10. The molecule has 0 unspecified atom stereocenters. The second kappa shape index (κ2) is 13.0. The molecule has 9 nitrogen and oxygen atoms in total. The third-order valence-corrected chi connectivity index (χ3v) is 7.73. The van der Waals surface area contributed by atoms with E-state index in [9.17, 15) is 5.26 Å². The number of methoxy groups -OCH3 is 1. The Hall–Kier alpha value is -2.22. The Bertz CT molecular complexity index is 1080. The van der Waals surface area contributed by atoms with Gasteiger partial charge in [-0.3, -0.25) is 0 Å². The maximum Gasteiger partial charge on any atom is 0.155 e. The van der Waals surface area contributed by atoms with E-state index in [0.717, 1.165) is 31.5 Å².